The maximum absolute atomic E-state index is 13.4. The van der Waals surface area contributed by atoms with Crippen molar-refractivity contribution >= 4 is 28.4 Å². The van der Waals surface area contributed by atoms with Crippen molar-refractivity contribution in [2.45, 2.75) is 33.9 Å². The fourth-order valence-corrected chi connectivity index (χ4v) is 3.52. The highest BCUT2D eigenvalue weighted by Gasteiger charge is 2.21. The Balaban J connectivity index is 1.76. The maximum Gasteiger partial charge on any atom is 0.273 e. The van der Waals surface area contributed by atoms with E-state index in [4.69, 9.17) is 11.6 Å². The Labute approximate surface area is 179 Å². The number of hydrogen-bond donors (Lipinski definition) is 0. The van der Waals surface area contributed by atoms with Crippen LogP contribution in [0.5, 0.6) is 0 Å². The van der Waals surface area contributed by atoms with E-state index in [1.54, 1.807) is 47.2 Å². The Morgan fingerprint density at radius 2 is 1.97 bits per heavy atom. The van der Waals surface area contributed by atoms with E-state index in [-0.39, 0.29) is 11.6 Å². The Morgan fingerprint density at radius 1 is 1.17 bits per heavy atom. The molecule has 0 spiro atoms. The SMILES string of the molecule is CCn1ncc(CN(C)C(=O)c2nc(-n3cc(C)cn3)nc3ccc(Cl)cc23)c1C. The number of nitrogens with zero attached hydrogens (tertiary/aromatic N) is 7. The van der Waals surface area contributed by atoms with Gasteiger partial charge < -0.3 is 4.90 Å². The third-order valence-corrected chi connectivity index (χ3v) is 5.26. The van der Waals surface area contributed by atoms with Crippen molar-refractivity contribution in [3.63, 3.8) is 0 Å². The van der Waals surface area contributed by atoms with Crippen LogP contribution < -0.4 is 0 Å². The Kier molecular flexibility index (Phi) is 5.26. The Bertz CT molecular complexity index is 1240. The lowest BCUT2D eigenvalue weighted by atomic mass is 10.1. The number of aryl methyl sites for hydroxylation is 2. The van der Waals surface area contributed by atoms with Crippen LogP contribution in [0.4, 0.5) is 0 Å². The number of hydrogen-bond acceptors (Lipinski definition) is 5. The minimum absolute atomic E-state index is 0.224. The summed E-state index contributed by atoms with van der Waals surface area (Å²) in [6.07, 6.45) is 5.34. The van der Waals surface area contributed by atoms with E-state index in [0.717, 1.165) is 23.4 Å². The van der Waals surface area contributed by atoms with Crippen LogP contribution >= 0.6 is 11.6 Å². The normalized spacial score (nSPS) is 11.2. The second kappa shape index (κ2) is 7.87. The molecule has 154 valence electrons. The molecule has 3 heterocycles. The van der Waals surface area contributed by atoms with Gasteiger partial charge in [-0.15, -0.1) is 0 Å². The highest BCUT2D eigenvalue weighted by atomic mass is 35.5. The molecular weight excluding hydrogens is 402 g/mol. The largest absolute Gasteiger partial charge is 0.336 e. The van der Waals surface area contributed by atoms with Crippen LogP contribution in [0.15, 0.2) is 36.8 Å². The number of aromatic nitrogens is 6. The number of carbonyl (C=O) groups excluding carboxylic acids is 1. The first-order valence-corrected chi connectivity index (χ1v) is 10.0. The van der Waals surface area contributed by atoms with Crippen LogP contribution in [0, 0.1) is 13.8 Å². The summed E-state index contributed by atoms with van der Waals surface area (Å²) in [4.78, 5) is 24.1. The maximum atomic E-state index is 13.4. The summed E-state index contributed by atoms with van der Waals surface area (Å²) in [6.45, 7) is 7.18. The molecule has 8 nitrogen and oxygen atoms in total. The van der Waals surface area contributed by atoms with Gasteiger partial charge in [0.25, 0.3) is 11.9 Å². The highest BCUT2D eigenvalue weighted by molar-refractivity contribution is 6.31. The number of rotatable bonds is 5. The van der Waals surface area contributed by atoms with Crippen molar-refractivity contribution < 1.29 is 4.79 Å². The smallest absolute Gasteiger partial charge is 0.273 e. The summed E-state index contributed by atoms with van der Waals surface area (Å²) < 4.78 is 3.47. The van der Waals surface area contributed by atoms with E-state index >= 15 is 0 Å². The number of halogens is 1. The molecule has 4 aromatic rings. The molecule has 0 aliphatic carbocycles. The molecule has 4 rings (SSSR count). The van der Waals surface area contributed by atoms with Crippen LogP contribution in [0.1, 0.15) is 34.2 Å². The standard InChI is InChI=1S/C21H22ClN7O/c1-5-28-14(3)15(10-24-28)12-27(4)20(30)19-17-8-16(22)6-7-18(17)25-21(26-19)29-11-13(2)9-23-29/h6-11H,5,12H2,1-4H3. The van der Waals surface area contributed by atoms with E-state index < -0.39 is 0 Å². The van der Waals surface area contributed by atoms with Gasteiger partial charge in [0.05, 0.1) is 17.9 Å². The molecule has 3 aromatic heterocycles. The van der Waals surface area contributed by atoms with E-state index in [1.165, 1.54) is 0 Å². The molecule has 0 aliphatic heterocycles. The van der Waals surface area contributed by atoms with Gasteiger partial charge in [-0.1, -0.05) is 11.6 Å². The van der Waals surface area contributed by atoms with Crippen LogP contribution in [0.3, 0.4) is 0 Å². The lowest BCUT2D eigenvalue weighted by molar-refractivity contribution is 0.0781. The van der Waals surface area contributed by atoms with Gasteiger partial charge >= 0.3 is 0 Å². The monoisotopic (exact) mass is 423 g/mol. The fourth-order valence-electron chi connectivity index (χ4n) is 3.34. The minimum Gasteiger partial charge on any atom is -0.336 e. The second-order valence-electron chi connectivity index (χ2n) is 7.23. The predicted molar refractivity (Wildman–Crippen MR) is 115 cm³/mol. The van der Waals surface area contributed by atoms with Crippen molar-refractivity contribution in [1.29, 1.82) is 0 Å². The van der Waals surface area contributed by atoms with Gasteiger partial charge in [0.15, 0.2) is 0 Å². The van der Waals surface area contributed by atoms with Crippen molar-refractivity contribution in [3.05, 3.63) is 64.3 Å². The number of fused-ring (bicyclic) bond motifs is 1. The molecule has 0 atom stereocenters. The summed E-state index contributed by atoms with van der Waals surface area (Å²) in [7, 11) is 1.75. The number of benzene rings is 1. The average Bonchev–Trinajstić information content (AvgIpc) is 3.32. The van der Waals surface area contributed by atoms with Crippen LogP contribution in [0.25, 0.3) is 16.9 Å². The first-order valence-electron chi connectivity index (χ1n) is 9.63. The lowest BCUT2D eigenvalue weighted by Gasteiger charge is -2.18. The average molecular weight is 424 g/mol. The van der Waals surface area contributed by atoms with Gasteiger partial charge in [0.1, 0.15) is 5.69 Å². The summed E-state index contributed by atoms with van der Waals surface area (Å²) in [5.41, 5.74) is 3.92. The van der Waals surface area contributed by atoms with Crippen LogP contribution in [-0.2, 0) is 13.1 Å². The lowest BCUT2D eigenvalue weighted by Crippen LogP contribution is -2.28. The van der Waals surface area contributed by atoms with E-state index in [9.17, 15) is 4.79 Å². The highest BCUT2D eigenvalue weighted by Crippen LogP contribution is 2.23. The van der Waals surface area contributed by atoms with Gasteiger partial charge in [0, 0.05) is 48.0 Å². The quantitative estimate of drug-likeness (QED) is 0.490. The molecule has 1 aromatic carbocycles. The predicted octanol–water partition coefficient (Wildman–Crippen LogP) is 3.57. The van der Waals surface area contributed by atoms with Crippen LogP contribution in [-0.4, -0.2) is 47.4 Å². The van der Waals surface area contributed by atoms with Crippen molar-refractivity contribution in [3.8, 4) is 5.95 Å². The molecular formula is C21H22ClN7O. The van der Waals surface area contributed by atoms with Crippen molar-refractivity contribution in [2.24, 2.45) is 0 Å². The van der Waals surface area contributed by atoms with Gasteiger partial charge in [-0.3, -0.25) is 9.48 Å². The second-order valence-corrected chi connectivity index (χ2v) is 7.66. The van der Waals surface area contributed by atoms with Gasteiger partial charge in [-0.2, -0.15) is 10.2 Å². The zero-order valence-corrected chi connectivity index (χ0v) is 18.1. The molecule has 0 bridgehead atoms. The fraction of sp³-hybridized carbons (Fsp3) is 0.286. The molecule has 0 N–H and O–H groups in total. The Morgan fingerprint density at radius 3 is 2.63 bits per heavy atom. The molecule has 0 saturated heterocycles. The molecule has 0 aliphatic rings. The zero-order chi connectivity index (χ0) is 21.4. The van der Waals surface area contributed by atoms with Gasteiger partial charge in [0.2, 0.25) is 0 Å². The van der Waals surface area contributed by atoms with E-state index in [0.29, 0.717) is 28.4 Å². The molecule has 30 heavy (non-hydrogen) atoms. The summed E-state index contributed by atoms with van der Waals surface area (Å²) in [6, 6.07) is 5.25. The molecule has 0 fully saturated rings. The van der Waals surface area contributed by atoms with Crippen molar-refractivity contribution in [1.82, 2.24) is 34.4 Å². The molecule has 9 heteroatoms. The zero-order valence-electron chi connectivity index (χ0n) is 17.3. The Hall–Kier alpha value is -3.26. The molecule has 0 unspecified atom stereocenters. The third kappa shape index (κ3) is 3.66. The molecule has 1 amide bonds. The van der Waals surface area contributed by atoms with Crippen LogP contribution in [0.2, 0.25) is 5.02 Å². The summed E-state index contributed by atoms with van der Waals surface area (Å²) in [5.74, 6) is 0.114. The summed E-state index contributed by atoms with van der Waals surface area (Å²) >= 11 is 6.20. The van der Waals surface area contributed by atoms with E-state index in [2.05, 4.69) is 20.2 Å². The minimum atomic E-state index is -0.224. The summed E-state index contributed by atoms with van der Waals surface area (Å²) in [5, 5.41) is 9.76. The number of carbonyl (C=O) groups is 1. The van der Waals surface area contributed by atoms with Gasteiger partial charge in [-0.25, -0.2) is 14.6 Å². The first-order chi connectivity index (χ1) is 14.4. The molecule has 0 saturated carbocycles. The molecule has 0 radical (unpaired) electrons. The van der Waals surface area contributed by atoms with Gasteiger partial charge in [-0.05, 0) is 44.5 Å². The third-order valence-electron chi connectivity index (χ3n) is 5.02. The topological polar surface area (TPSA) is 81.7 Å². The first kappa shape index (κ1) is 20.0. The number of amides is 1. The van der Waals surface area contributed by atoms with E-state index in [1.807, 2.05) is 31.6 Å². The van der Waals surface area contributed by atoms with Crippen molar-refractivity contribution in [2.75, 3.05) is 7.05 Å².